The van der Waals surface area contributed by atoms with E-state index in [4.69, 9.17) is 5.73 Å². The van der Waals surface area contributed by atoms with Gasteiger partial charge in [0.2, 0.25) is 0 Å². The van der Waals surface area contributed by atoms with Crippen LogP contribution in [0.2, 0.25) is 0 Å². The van der Waals surface area contributed by atoms with E-state index < -0.39 is 0 Å². The third-order valence-electron chi connectivity index (χ3n) is 2.80. The third kappa shape index (κ3) is 3.28. The topological polar surface area (TPSA) is 66.7 Å². The molecule has 0 spiro atoms. The number of aromatic amines is 1. The minimum Gasteiger partial charge on any atom is -0.342 e. The zero-order valence-corrected chi connectivity index (χ0v) is 10.3. The molecule has 4 nitrogen and oxygen atoms in total. The Morgan fingerprint density at radius 3 is 3.06 bits per heavy atom. The van der Waals surface area contributed by atoms with Crippen molar-refractivity contribution in [1.82, 2.24) is 15.3 Å². The summed E-state index contributed by atoms with van der Waals surface area (Å²) in [7, 11) is 0. The number of imidazole rings is 1. The first kappa shape index (κ1) is 12.1. The summed E-state index contributed by atoms with van der Waals surface area (Å²) >= 11 is 0. The molecular formula is C13H20N4. The van der Waals surface area contributed by atoms with Crippen molar-refractivity contribution < 1.29 is 0 Å². The summed E-state index contributed by atoms with van der Waals surface area (Å²) in [6.45, 7) is 4.68. The van der Waals surface area contributed by atoms with E-state index in [0.29, 0.717) is 0 Å². The zero-order chi connectivity index (χ0) is 12.1. The Morgan fingerprint density at radius 2 is 2.24 bits per heavy atom. The molecular weight excluding hydrogens is 212 g/mol. The SMILES string of the molecule is Cc1nc2ccc(CNCCCCN)cc2[nH]1. The number of hydrogen-bond acceptors (Lipinski definition) is 3. The van der Waals surface area contributed by atoms with Gasteiger partial charge >= 0.3 is 0 Å². The Hall–Kier alpha value is -1.39. The Morgan fingerprint density at radius 1 is 1.35 bits per heavy atom. The van der Waals surface area contributed by atoms with E-state index in [1.807, 2.05) is 6.92 Å². The van der Waals surface area contributed by atoms with Gasteiger partial charge in [-0.2, -0.15) is 0 Å². The van der Waals surface area contributed by atoms with Gasteiger partial charge in [0.1, 0.15) is 5.82 Å². The van der Waals surface area contributed by atoms with Crippen molar-refractivity contribution in [2.45, 2.75) is 26.3 Å². The highest BCUT2D eigenvalue weighted by Gasteiger charge is 2.00. The Kier molecular flexibility index (Phi) is 4.12. The summed E-state index contributed by atoms with van der Waals surface area (Å²) in [4.78, 5) is 7.64. The molecule has 4 heteroatoms. The van der Waals surface area contributed by atoms with Crippen molar-refractivity contribution in [3.8, 4) is 0 Å². The van der Waals surface area contributed by atoms with Crippen molar-refractivity contribution in [2.24, 2.45) is 5.73 Å². The predicted molar refractivity (Wildman–Crippen MR) is 70.8 cm³/mol. The van der Waals surface area contributed by atoms with Crippen LogP contribution in [0.15, 0.2) is 18.2 Å². The van der Waals surface area contributed by atoms with Gasteiger partial charge in [-0.05, 0) is 50.6 Å². The summed E-state index contributed by atoms with van der Waals surface area (Å²) in [6, 6.07) is 6.35. The number of rotatable bonds is 6. The molecule has 1 heterocycles. The van der Waals surface area contributed by atoms with Crippen molar-refractivity contribution in [2.75, 3.05) is 13.1 Å². The lowest BCUT2D eigenvalue weighted by Gasteiger charge is -2.04. The van der Waals surface area contributed by atoms with E-state index in [9.17, 15) is 0 Å². The Bertz CT molecular complexity index is 475. The fourth-order valence-electron chi connectivity index (χ4n) is 1.92. The van der Waals surface area contributed by atoms with Gasteiger partial charge < -0.3 is 16.0 Å². The number of fused-ring (bicyclic) bond motifs is 1. The van der Waals surface area contributed by atoms with Gasteiger partial charge in [-0.1, -0.05) is 6.07 Å². The Balaban J connectivity index is 1.90. The molecule has 1 aromatic heterocycles. The van der Waals surface area contributed by atoms with Crippen molar-refractivity contribution >= 4 is 11.0 Å². The fraction of sp³-hybridized carbons (Fsp3) is 0.462. The minimum absolute atomic E-state index is 0.779. The van der Waals surface area contributed by atoms with Crippen molar-refractivity contribution in [3.63, 3.8) is 0 Å². The third-order valence-corrected chi connectivity index (χ3v) is 2.80. The number of aryl methyl sites for hydroxylation is 1. The number of aromatic nitrogens is 2. The van der Waals surface area contributed by atoms with Gasteiger partial charge in [0.15, 0.2) is 0 Å². The van der Waals surface area contributed by atoms with E-state index in [1.165, 1.54) is 5.56 Å². The van der Waals surface area contributed by atoms with Crippen molar-refractivity contribution in [1.29, 1.82) is 0 Å². The molecule has 4 N–H and O–H groups in total. The number of unbranched alkanes of at least 4 members (excludes halogenated alkanes) is 1. The summed E-state index contributed by atoms with van der Waals surface area (Å²) in [5.74, 6) is 0.966. The zero-order valence-electron chi connectivity index (χ0n) is 10.3. The lowest BCUT2D eigenvalue weighted by Crippen LogP contribution is -2.15. The van der Waals surface area contributed by atoms with Crippen LogP contribution in [0.3, 0.4) is 0 Å². The molecule has 0 aliphatic heterocycles. The second-order valence-electron chi connectivity index (χ2n) is 4.35. The first-order chi connectivity index (χ1) is 8.29. The van der Waals surface area contributed by atoms with Crippen LogP contribution in [0, 0.1) is 6.92 Å². The van der Waals surface area contributed by atoms with Crippen LogP contribution in [0.5, 0.6) is 0 Å². The van der Waals surface area contributed by atoms with Crippen LogP contribution in [-0.4, -0.2) is 23.1 Å². The molecule has 0 aliphatic rings. The molecule has 2 rings (SSSR count). The largest absolute Gasteiger partial charge is 0.342 e. The van der Waals surface area contributed by atoms with Gasteiger partial charge in [-0.3, -0.25) is 0 Å². The number of benzene rings is 1. The summed E-state index contributed by atoms with van der Waals surface area (Å²) in [5, 5.41) is 3.42. The second-order valence-corrected chi connectivity index (χ2v) is 4.35. The molecule has 0 radical (unpaired) electrons. The fourth-order valence-corrected chi connectivity index (χ4v) is 1.92. The van der Waals surface area contributed by atoms with E-state index in [2.05, 4.69) is 33.5 Å². The number of hydrogen-bond donors (Lipinski definition) is 3. The van der Waals surface area contributed by atoms with Crippen LogP contribution in [-0.2, 0) is 6.54 Å². The summed E-state index contributed by atoms with van der Waals surface area (Å²) < 4.78 is 0. The average Bonchev–Trinajstić information content (AvgIpc) is 2.68. The van der Waals surface area contributed by atoms with Gasteiger partial charge in [-0.15, -0.1) is 0 Å². The van der Waals surface area contributed by atoms with Crippen molar-refractivity contribution in [3.05, 3.63) is 29.6 Å². The standard InChI is InChI=1S/C13H20N4/c1-10-16-12-5-4-11(8-13(12)17-10)9-15-7-3-2-6-14/h4-5,8,15H,2-3,6-7,9,14H2,1H3,(H,16,17). The molecule has 1 aromatic carbocycles. The van der Waals surface area contributed by atoms with Crippen LogP contribution < -0.4 is 11.1 Å². The van der Waals surface area contributed by atoms with Crippen LogP contribution in [0.4, 0.5) is 0 Å². The van der Waals surface area contributed by atoms with E-state index in [-0.39, 0.29) is 0 Å². The van der Waals surface area contributed by atoms with Gasteiger partial charge in [0.25, 0.3) is 0 Å². The normalized spacial score (nSPS) is 11.2. The maximum Gasteiger partial charge on any atom is 0.104 e. The summed E-state index contributed by atoms with van der Waals surface area (Å²) in [6.07, 6.45) is 2.23. The van der Waals surface area contributed by atoms with Crippen LogP contribution in [0.1, 0.15) is 24.2 Å². The van der Waals surface area contributed by atoms with E-state index >= 15 is 0 Å². The smallest absolute Gasteiger partial charge is 0.104 e. The monoisotopic (exact) mass is 232 g/mol. The highest BCUT2D eigenvalue weighted by molar-refractivity contribution is 5.75. The van der Waals surface area contributed by atoms with Crippen LogP contribution in [0.25, 0.3) is 11.0 Å². The molecule has 0 bridgehead atoms. The first-order valence-corrected chi connectivity index (χ1v) is 6.15. The first-order valence-electron chi connectivity index (χ1n) is 6.15. The minimum atomic E-state index is 0.779. The molecule has 92 valence electrons. The maximum absolute atomic E-state index is 5.45. The van der Waals surface area contributed by atoms with Gasteiger partial charge in [0.05, 0.1) is 11.0 Å². The highest BCUT2D eigenvalue weighted by Crippen LogP contribution is 2.13. The molecule has 0 saturated carbocycles. The number of nitrogens with zero attached hydrogens (tertiary/aromatic N) is 1. The van der Waals surface area contributed by atoms with Gasteiger partial charge in [0, 0.05) is 6.54 Å². The maximum atomic E-state index is 5.45. The molecule has 0 amide bonds. The Labute approximate surface area is 102 Å². The molecule has 0 unspecified atom stereocenters. The molecule has 2 aromatic rings. The predicted octanol–water partition coefficient (Wildman–Crippen LogP) is 1.70. The average molecular weight is 232 g/mol. The lowest BCUT2D eigenvalue weighted by molar-refractivity contribution is 0.628. The highest BCUT2D eigenvalue weighted by atomic mass is 14.9. The quantitative estimate of drug-likeness (QED) is 0.664. The number of nitrogens with one attached hydrogen (secondary N) is 2. The molecule has 17 heavy (non-hydrogen) atoms. The number of nitrogens with two attached hydrogens (primary N) is 1. The van der Waals surface area contributed by atoms with E-state index in [1.54, 1.807) is 0 Å². The molecule has 0 fully saturated rings. The summed E-state index contributed by atoms with van der Waals surface area (Å²) in [5.41, 5.74) is 8.88. The number of H-pyrrole nitrogens is 1. The van der Waals surface area contributed by atoms with Gasteiger partial charge in [-0.25, -0.2) is 4.98 Å². The van der Waals surface area contributed by atoms with E-state index in [0.717, 1.165) is 49.3 Å². The van der Waals surface area contributed by atoms with Crippen LogP contribution >= 0.6 is 0 Å². The molecule has 0 aliphatic carbocycles. The molecule has 0 atom stereocenters. The second kappa shape index (κ2) is 5.80. The lowest BCUT2D eigenvalue weighted by atomic mass is 10.2. The molecule has 0 saturated heterocycles.